The first-order valence-electron chi connectivity index (χ1n) is 6.67. The van der Waals surface area contributed by atoms with Crippen molar-refractivity contribution < 1.29 is 0 Å². The molecule has 0 spiro atoms. The highest BCUT2D eigenvalue weighted by atomic mass is 14.7. The molecule has 0 aliphatic heterocycles. The van der Waals surface area contributed by atoms with Crippen LogP contribution >= 0.6 is 0 Å². The molecular formula is C16H22N2. The molecule has 2 heteroatoms. The first-order valence-corrected chi connectivity index (χ1v) is 6.67. The number of benzene rings is 1. The van der Waals surface area contributed by atoms with Gasteiger partial charge in [-0.3, -0.25) is 4.98 Å². The molecule has 2 rings (SSSR count). The summed E-state index contributed by atoms with van der Waals surface area (Å²) in [5.41, 5.74) is 9.70. The molecule has 0 aliphatic carbocycles. The van der Waals surface area contributed by atoms with Gasteiger partial charge in [0.15, 0.2) is 0 Å². The Hall–Kier alpha value is -1.41. The lowest BCUT2D eigenvalue weighted by Crippen LogP contribution is -2.24. The highest BCUT2D eigenvalue weighted by Crippen LogP contribution is 2.20. The molecule has 2 N–H and O–H groups in total. The van der Waals surface area contributed by atoms with E-state index in [4.69, 9.17) is 5.73 Å². The molecule has 18 heavy (non-hydrogen) atoms. The van der Waals surface area contributed by atoms with E-state index in [0.29, 0.717) is 5.92 Å². The first-order chi connectivity index (χ1) is 8.56. The van der Waals surface area contributed by atoms with Gasteiger partial charge in [-0.2, -0.15) is 0 Å². The zero-order valence-electron chi connectivity index (χ0n) is 11.5. The molecule has 0 bridgehead atoms. The molecule has 1 heterocycles. The number of aromatic nitrogens is 1. The Kier molecular flexibility index (Phi) is 3.97. The minimum absolute atomic E-state index is 0.232. The number of aryl methyl sites for hydroxylation is 1. The maximum atomic E-state index is 6.23. The molecule has 0 saturated heterocycles. The predicted molar refractivity (Wildman–Crippen MR) is 77.6 cm³/mol. The topological polar surface area (TPSA) is 38.9 Å². The second-order valence-electron chi connectivity index (χ2n) is 5.53. The van der Waals surface area contributed by atoms with Crippen LogP contribution in [0.4, 0.5) is 0 Å². The van der Waals surface area contributed by atoms with Crippen LogP contribution in [-0.2, 0) is 6.42 Å². The summed E-state index contributed by atoms with van der Waals surface area (Å²) in [5, 5.41) is 1.24. The van der Waals surface area contributed by atoms with Crippen molar-refractivity contribution in [2.75, 3.05) is 0 Å². The van der Waals surface area contributed by atoms with Gasteiger partial charge >= 0.3 is 0 Å². The Morgan fingerprint density at radius 3 is 2.67 bits per heavy atom. The molecule has 2 aromatic rings. The zero-order valence-corrected chi connectivity index (χ0v) is 11.5. The number of fused-ring (bicyclic) bond motifs is 1. The maximum absolute atomic E-state index is 6.23. The van der Waals surface area contributed by atoms with Crippen molar-refractivity contribution in [3.8, 4) is 0 Å². The number of nitrogens with two attached hydrogens (primary N) is 1. The third-order valence-corrected chi connectivity index (χ3v) is 3.19. The molecule has 0 saturated carbocycles. The number of nitrogens with zero attached hydrogens (tertiary/aromatic N) is 1. The van der Waals surface area contributed by atoms with Crippen molar-refractivity contribution in [3.05, 3.63) is 41.6 Å². The normalized spacial score (nSPS) is 13.2. The lowest BCUT2D eigenvalue weighted by molar-refractivity contribution is 0.494. The summed E-state index contributed by atoms with van der Waals surface area (Å²) >= 11 is 0. The van der Waals surface area contributed by atoms with Crippen LogP contribution in [0, 0.1) is 12.8 Å². The van der Waals surface area contributed by atoms with E-state index in [1.165, 1.54) is 10.9 Å². The standard InChI is InChI=1S/C16H22N2/c1-11(2)8-14(17)10-13-9-12(3)18-16-7-5-4-6-15(13)16/h4-7,9,11,14H,8,10,17H2,1-3H3. The van der Waals surface area contributed by atoms with Gasteiger partial charge in [-0.15, -0.1) is 0 Å². The molecule has 1 atom stereocenters. The fourth-order valence-corrected chi connectivity index (χ4v) is 2.54. The fraction of sp³-hybridized carbons (Fsp3) is 0.438. The summed E-state index contributed by atoms with van der Waals surface area (Å²) in [5.74, 6) is 0.647. The van der Waals surface area contributed by atoms with E-state index in [2.05, 4.69) is 43.1 Å². The lowest BCUT2D eigenvalue weighted by atomic mass is 9.96. The van der Waals surface area contributed by atoms with Crippen molar-refractivity contribution in [2.24, 2.45) is 11.7 Å². The monoisotopic (exact) mass is 242 g/mol. The van der Waals surface area contributed by atoms with Crippen molar-refractivity contribution in [1.82, 2.24) is 4.98 Å². The van der Waals surface area contributed by atoms with E-state index < -0.39 is 0 Å². The van der Waals surface area contributed by atoms with Crippen LogP contribution in [0.5, 0.6) is 0 Å². The second-order valence-corrected chi connectivity index (χ2v) is 5.53. The first kappa shape index (κ1) is 13.0. The Morgan fingerprint density at radius 2 is 1.94 bits per heavy atom. The molecular weight excluding hydrogens is 220 g/mol. The highest BCUT2D eigenvalue weighted by Gasteiger charge is 2.10. The van der Waals surface area contributed by atoms with Crippen molar-refractivity contribution >= 4 is 10.9 Å². The molecule has 96 valence electrons. The van der Waals surface area contributed by atoms with Crippen LogP contribution in [0.25, 0.3) is 10.9 Å². The van der Waals surface area contributed by atoms with Crippen LogP contribution in [0.15, 0.2) is 30.3 Å². The van der Waals surface area contributed by atoms with Gasteiger partial charge in [-0.25, -0.2) is 0 Å². The van der Waals surface area contributed by atoms with E-state index in [0.717, 1.165) is 24.1 Å². The second kappa shape index (κ2) is 5.49. The van der Waals surface area contributed by atoms with E-state index in [9.17, 15) is 0 Å². The van der Waals surface area contributed by atoms with Crippen LogP contribution in [0.2, 0.25) is 0 Å². The largest absolute Gasteiger partial charge is 0.327 e. The lowest BCUT2D eigenvalue weighted by Gasteiger charge is -2.15. The van der Waals surface area contributed by atoms with E-state index in [1.54, 1.807) is 0 Å². The van der Waals surface area contributed by atoms with Crippen molar-refractivity contribution in [3.63, 3.8) is 0 Å². The summed E-state index contributed by atoms with van der Waals surface area (Å²) in [7, 11) is 0. The van der Waals surface area contributed by atoms with Gasteiger partial charge in [0.05, 0.1) is 5.52 Å². The van der Waals surface area contributed by atoms with Crippen molar-refractivity contribution in [1.29, 1.82) is 0 Å². The number of hydrogen-bond acceptors (Lipinski definition) is 2. The number of rotatable bonds is 4. The smallest absolute Gasteiger partial charge is 0.0707 e. The molecule has 1 aromatic carbocycles. The Balaban J connectivity index is 2.32. The van der Waals surface area contributed by atoms with Crippen LogP contribution in [0.1, 0.15) is 31.5 Å². The minimum atomic E-state index is 0.232. The molecule has 0 radical (unpaired) electrons. The van der Waals surface area contributed by atoms with Crippen molar-refractivity contribution in [2.45, 2.75) is 39.7 Å². The minimum Gasteiger partial charge on any atom is -0.327 e. The number of para-hydroxylation sites is 1. The van der Waals surface area contributed by atoms with Gasteiger partial charge in [0, 0.05) is 17.1 Å². The molecule has 0 fully saturated rings. The molecule has 2 nitrogen and oxygen atoms in total. The van der Waals surface area contributed by atoms with Gasteiger partial charge < -0.3 is 5.73 Å². The van der Waals surface area contributed by atoms with E-state index in [1.807, 2.05) is 13.0 Å². The number of hydrogen-bond donors (Lipinski definition) is 1. The highest BCUT2D eigenvalue weighted by molar-refractivity contribution is 5.82. The van der Waals surface area contributed by atoms with Gasteiger partial charge in [-0.05, 0) is 43.4 Å². The maximum Gasteiger partial charge on any atom is 0.0707 e. The van der Waals surface area contributed by atoms with E-state index >= 15 is 0 Å². The summed E-state index contributed by atoms with van der Waals surface area (Å²) in [6.45, 7) is 6.48. The summed E-state index contributed by atoms with van der Waals surface area (Å²) in [4.78, 5) is 4.56. The molecule has 1 aromatic heterocycles. The third-order valence-electron chi connectivity index (χ3n) is 3.19. The van der Waals surface area contributed by atoms with Crippen LogP contribution < -0.4 is 5.73 Å². The average molecular weight is 242 g/mol. The predicted octanol–water partition coefficient (Wildman–Crippen LogP) is 3.46. The average Bonchev–Trinajstić information content (AvgIpc) is 2.27. The zero-order chi connectivity index (χ0) is 13.1. The third kappa shape index (κ3) is 3.08. The van der Waals surface area contributed by atoms with Crippen LogP contribution in [-0.4, -0.2) is 11.0 Å². The fourth-order valence-electron chi connectivity index (χ4n) is 2.54. The van der Waals surface area contributed by atoms with Crippen LogP contribution in [0.3, 0.4) is 0 Å². The number of pyridine rings is 1. The van der Waals surface area contributed by atoms with Gasteiger partial charge in [0.1, 0.15) is 0 Å². The van der Waals surface area contributed by atoms with Gasteiger partial charge in [0.2, 0.25) is 0 Å². The summed E-state index contributed by atoms with van der Waals surface area (Å²) in [6, 6.07) is 10.7. The quantitative estimate of drug-likeness (QED) is 0.891. The summed E-state index contributed by atoms with van der Waals surface area (Å²) < 4.78 is 0. The Bertz CT molecular complexity index is 532. The molecule has 0 aliphatic rings. The Labute approximate surface area is 109 Å². The van der Waals surface area contributed by atoms with Gasteiger partial charge in [0.25, 0.3) is 0 Å². The summed E-state index contributed by atoms with van der Waals surface area (Å²) in [6.07, 6.45) is 2.00. The molecule has 1 unspecified atom stereocenters. The SMILES string of the molecule is Cc1cc(CC(N)CC(C)C)c2ccccc2n1. The molecule has 0 amide bonds. The Morgan fingerprint density at radius 1 is 1.22 bits per heavy atom. The van der Waals surface area contributed by atoms with Gasteiger partial charge in [-0.1, -0.05) is 32.0 Å². The van der Waals surface area contributed by atoms with E-state index in [-0.39, 0.29) is 6.04 Å².